The fourth-order valence-electron chi connectivity index (χ4n) is 2.06. The van der Waals surface area contributed by atoms with Gasteiger partial charge in [-0.3, -0.25) is 0 Å². The van der Waals surface area contributed by atoms with Crippen molar-refractivity contribution in [2.75, 3.05) is 0 Å². The number of thiocarbonyl (C=S) groups is 1. The molecule has 2 heteroatoms. The molecule has 1 nitrogen and oxygen atoms in total. The molecule has 1 aromatic carbocycles. The maximum Gasteiger partial charge on any atom is 0.0733 e. The predicted octanol–water partition coefficient (Wildman–Crippen LogP) is 3.59. The second kappa shape index (κ2) is 6.00. The molecule has 0 aliphatic heterocycles. The largest absolute Gasteiger partial charge is 0.393 e. The second-order valence-corrected chi connectivity index (χ2v) is 4.84. The first-order valence-corrected chi connectivity index (χ1v) is 6.39. The van der Waals surface area contributed by atoms with Crippen LogP contribution >= 0.6 is 12.2 Å². The average Bonchev–Trinajstić information content (AvgIpc) is 2.27. The van der Waals surface area contributed by atoms with Gasteiger partial charge in [0.25, 0.3) is 0 Å². The van der Waals surface area contributed by atoms with Gasteiger partial charge in [0.1, 0.15) is 0 Å². The maximum atomic E-state index is 5.62. The summed E-state index contributed by atoms with van der Waals surface area (Å²) >= 11 is 4.99. The van der Waals surface area contributed by atoms with Crippen LogP contribution in [-0.4, -0.2) is 4.99 Å². The average molecular weight is 235 g/mol. The molecule has 0 fully saturated rings. The minimum atomic E-state index is 0.430. The molecule has 0 aliphatic carbocycles. The van der Waals surface area contributed by atoms with Crippen LogP contribution in [0.15, 0.2) is 18.2 Å². The van der Waals surface area contributed by atoms with Gasteiger partial charge in [0.2, 0.25) is 0 Å². The summed E-state index contributed by atoms with van der Waals surface area (Å²) in [6.07, 6.45) is 2.95. The van der Waals surface area contributed by atoms with E-state index in [4.69, 9.17) is 18.0 Å². The van der Waals surface area contributed by atoms with Gasteiger partial charge in [-0.2, -0.15) is 0 Å². The second-order valence-electron chi connectivity index (χ2n) is 4.31. The van der Waals surface area contributed by atoms with Crippen LogP contribution in [0.3, 0.4) is 0 Å². The molecule has 1 rings (SSSR count). The quantitative estimate of drug-likeness (QED) is 0.789. The Hall–Kier alpha value is -0.890. The third kappa shape index (κ3) is 3.31. The molecular formula is C14H21NS. The van der Waals surface area contributed by atoms with Crippen LogP contribution in [0.5, 0.6) is 0 Å². The van der Waals surface area contributed by atoms with Crippen LogP contribution in [0.25, 0.3) is 0 Å². The highest BCUT2D eigenvalue weighted by Gasteiger charge is 2.11. The maximum absolute atomic E-state index is 5.62. The summed E-state index contributed by atoms with van der Waals surface area (Å²) in [4.78, 5) is 0.608. The molecule has 0 heterocycles. The lowest BCUT2D eigenvalue weighted by molar-refractivity contribution is 0.788. The van der Waals surface area contributed by atoms with Gasteiger partial charge in [-0.25, -0.2) is 0 Å². The van der Waals surface area contributed by atoms with Crippen molar-refractivity contribution in [3.63, 3.8) is 0 Å². The van der Waals surface area contributed by atoms with Crippen LogP contribution in [-0.2, 0) is 12.8 Å². The van der Waals surface area contributed by atoms with Crippen molar-refractivity contribution in [2.45, 2.75) is 46.0 Å². The summed E-state index contributed by atoms with van der Waals surface area (Å²) in [7, 11) is 0. The van der Waals surface area contributed by atoms with E-state index >= 15 is 0 Å². The highest BCUT2D eigenvalue weighted by atomic mass is 32.1. The topological polar surface area (TPSA) is 26.0 Å². The Morgan fingerprint density at radius 1 is 1.31 bits per heavy atom. The summed E-state index contributed by atoms with van der Waals surface area (Å²) < 4.78 is 0. The zero-order valence-electron chi connectivity index (χ0n) is 10.4. The normalized spacial score (nSPS) is 12.4. The van der Waals surface area contributed by atoms with E-state index < -0.39 is 0 Å². The summed E-state index contributed by atoms with van der Waals surface area (Å²) in [5, 5.41) is 0. The molecule has 0 saturated heterocycles. The van der Waals surface area contributed by atoms with Gasteiger partial charge in [-0.15, -0.1) is 0 Å². The Morgan fingerprint density at radius 2 is 2.00 bits per heavy atom. The SMILES string of the molecule is CCc1ccc(CC)c(C(C)CC(N)=S)c1. The molecular weight excluding hydrogens is 214 g/mol. The van der Waals surface area contributed by atoms with Crippen LogP contribution in [0.2, 0.25) is 0 Å². The number of nitrogens with two attached hydrogens (primary N) is 1. The Bertz CT molecular complexity index is 371. The molecule has 0 radical (unpaired) electrons. The molecule has 88 valence electrons. The molecule has 0 aliphatic rings. The third-order valence-corrected chi connectivity index (χ3v) is 3.20. The molecule has 1 unspecified atom stereocenters. The lowest BCUT2D eigenvalue weighted by atomic mass is 9.90. The van der Waals surface area contributed by atoms with E-state index in [0.717, 1.165) is 19.3 Å². The molecule has 1 aromatic rings. The lowest BCUT2D eigenvalue weighted by Crippen LogP contribution is -2.12. The smallest absolute Gasteiger partial charge is 0.0733 e. The number of benzene rings is 1. The molecule has 0 amide bonds. The van der Waals surface area contributed by atoms with Gasteiger partial charge < -0.3 is 5.73 Å². The Labute approximate surface area is 104 Å². The predicted molar refractivity (Wildman–Crippen MR) is 75.0 cm³/mol. The van der Waals surface area contributed by atoms with E-state index in [1.807, 2.05) is 0 Å². The number of hydrogen-bond acceptors (Lipinski definition) is 1. The van der Waals surface area contributed by atoms with Crippen molar-refractivity contribution in [2.24, 2.45) is 5.73 Å². The number of rotatable bonds is 5. The first-order valence-electron chi connectivity index (χ1n) is 5.98. The van der Waals surface area contributed by atoms with E-state index in [1.54, 1.807) is 0 Å². The fourth-order valence-corrected chi connectivity index (χ4v) is 2.31. The minimum absolute atomic E-state index is 0.430. The molecule has 0 spiro atoms. The fraction of sp³-hybridized carbons (Fsp3) is 0.500. The van der Waals surface area contributed by atoms with Crippen molar-refractivity contribution in [3.8, 4) is 0 Å². The molecule has 16 heavy (non-hydrogen) atoms. The molecule has 0 bridgehead atoms. The minimum Gasteiger partial charge on any atom is -0.393 e. The number of aryl methyl sites for hydroxylation is 2. The lowest BCUT2D eigenvalue weighted by Gasteiger charge is -2.16. The van der Waals surface area contributed by atoms with Gasteiger partial charge in [-0.1, -0.05) is 51.2 Å². The summed E-state index contributed by atoms with van der Waals surface area (Å²) in [6, 6.07) is 6.77. The molecule has 0 aromatic heterocycles. The van der Waals surface area contributed by atoms with Crippen LogP contribution < -0.4 is 5.73 Å². The summed E-state index contributed by atoms with van der Waals surface area (Å²) in [5.74, 6) is 0.430. The Morgan fingerprint density at radius 3 is 2.50 bits per heavy atom. The number of hydrogen-bond donors (Lipinski definition) is 1. The van der Waals surface area contributed by atoms with Crippen LogP contribution in [0.4, 0.5) is 0 Å². The van der Waals surface area contributed by atoms with Gasteiger partial charge >= 0.3 is 0 Å². The van der Waals surface area contributed by atoms with E-state index in [-0.39, 0.29) is 0 Å². The van der Waals surface area contributed by atoms with E-state index in [1.165, 1.54) is 16.7 Å². The van der Waals surface area contributed by atoms with Crippen molar-refractivity contribution in [3.05, 3.63) is 34.9 Å². The highest BCUT2D eigenvalue weighted by Crippen LogP contribution is 2.25. The first kappa shape index (κ1) is 13.2. The standard InChI is InChI=1S/C14H21NS/c1-4-11-6-7-12(5-2)13(9-11)10(3)8-14(15)16/h6-7,9-10H,4-5,8H2,1-3H3,(H2,15,16). The van der Waals surface area contributed by atoms with Gasteiger partial charge in [-0.05, 0) is 35.4 Å². The Balaban J connectivity index is 3.02. The third-order valence-electron chi connectivity index (χ3n) is 3.04. The molecule has 0 saturated carbocycles. The van der Waals surface area contributed by atoms with Crippen molar-refractivity contribution < 1.29 is 0 Å². The monoisotopic (exact) mass is 235 g/mol. The van der Waals surface area contributed by atoms with E-state index in [0.29, 0.717) is 10.9 Å². The van der Waals surface area contributed by atoms with Crippen molar-refractivity contribution >= 4 is 17.2 Å². The van der Waals surface area contributed by atoms with Gasteiger partial charge in [0, 0.05) is 6.42 Å². The first-order chi connectivity index (χ1) is 7.58. The van der Waals surface area contributed by atoms with Crippen LogP contribution in [0.1, 0.15) is 49.8 Å². The Kier molecular flexibility index (Phi) is 4.94. The van der Waals surface area contributed by atoms with Gasteiger partial charge in [0.05, 0.1) is 4.99 Å². The molecule has 1 atom stereocenters. The van der Waals surface area contributed by atoms with Gasteiger partial charge in [0.15, 0.2) is 0 Å². The summed E-state index contributed by atoms with van der Waals surface area (Å²) in [5.41, 5.74) is 9.84. The molecule has 2 N–H and O–H groups in total. The van der Waals surface area contributed by atoms with Crippen molar-refractivity contribution in [1.82, 2.24) is 0 Å². The highest BCUT2D eigenvalue weighted by molar-refractivity contribution is 7.80. The van der Waals surface area contributed by atoms with Crippen molar-refractivity contribution in [1.29, 1.82) is 0 Å². The van der Waals surface area contributed by atoms with Crippen LogP contribution in [0, 0.1) is 0 Å². The zero-order chi connectivity index (χ0) is 12.1. The van der Waals surface area contributed by atoms with E-state index in [9.17, 15) is 0 Å². The van der Waals surface area contributed by atoms with E-state index in [2.05, 4.69) is 39.0 Å². The summed E-state index contributed by atoms with van der Waals surface area (Å²) in [6.45, 7) is 6.58. The zero-order valence-corrected chi connectivity index (χ0v) is 11.2.